The lowest BCUT2D eigenvalue weighted by Gasteiger charge is -2.40. The highest BCUT2D eigenvalue weighted by atomic mass is 19.3. The number of alkyl halides is 2. The smallest absolute Gasteiger partial charge is 0.336 e. The summed E-state index contributed by atoms with van der Waals surface area (Å²) in [6.07, 6.45) is -8.50. The van der Waals surface area contributed by atoms with Crippen LogP contribution in [-0.4, -0.2) is 57.7 Å². The van der Waals surface area contributed by atoms with E-state index in [0.717, 1.165) is 0 Å². The summed E-state index contributed by atoms with van der Waals surface area (Å²) in [5.41, 5.74) is -1.28. The molecule has 1 aromatic heterocycles. The number of benzene rings is 1. The number of halogens is 2. The molecule has 2 heterocycles. The van der Waals surface area contributed by atoms with Gasteiger partial charge in [0.25, 0.3) is 6.43 Å². The molecule has 2 aromatic rings. The fourth-order valence-corrected chi connectivity index (χ4v) is 2.90. The minimum atomic E-state index is -2.86. The van der Waals surface area contributed by atoms with Gasteiger partial charge in [-0.3, -0.25) is 0 Å². The molecule has 1 aliphatic rings. The van der Waals surface area contributed by atoms with E-state index in [9.17, 15) is 28.9 Å². The standard InChI is InChI=1S/C16H17F2NO7/c17-15(18)8-4-11(21)25-9-3-6(1-2-7(8)9)19-12-14(23)13(22)10(5-20)26-16(12)24/h1-4,10,12-16,19-20,22-24H,5H2/t10?,12?,13-,14?,16-/m1/s1. The SMILES string of the molecule is O=c1cc(C(F)F)c2ccc(NC3C(O)[C@H](O)C(CO)O[C@H]3O)cc2o1. The van der Waals surface area contributed by atoms with E-state index in [1.807, 2.05) is 0 Å². The lowest BCUT2D eigenvalue weighted by Crippen LogP contribution is -2.61. The number of rotatable bonds is 4. The Kier molecular flexibility index (Phi) is 5.21. The summed E-state index contributed by atoms with van der Waals surface area (Å²) < 4.78 is 36.0. The van der Waals surface area contributed by atoms with Crippen molar-refractivity contribution in [3.63, 3.8) is 0 Å². The summed E-state index contributed by atoms with van der Waals surface area (Å²) in [6, 6.07) is 3.49. The van der Waals surface area contributed by atoms with Gasteiger partial charge in [0.15, 0.2) is 6.29 Å². The fourth-order valence-electron chi connectivity index (χ4n) is 2.90. The molecule has 142 valence electrons. The zero-order valence-corrected chi connectivity index (χ0v) is 13.3. The third-order valence-electron chi connectivity index (χ3n) is 4.25. The Morgan fingerprint density at radius 1 is 1.15 bits per heavy atom. The molecular weight excluding hydrogens is 356 g/mol. The van der Waals surface area contributed by atoms with Gasteiger partial charge in [-0.15, -0.1) is 0 Å². The van der Waals surface area contributed by atoms with Crippen molar-refractivity contribution in [3.05, 3.63) is 40.2 Å². The van der Waals surface area contributed by atoms with E-state index in [0.29, 0.717) is 6.07 Å². The fraction of sp³-hybridized carbons (Fsp3) is 0.438. The predicted molar refractivity (Wildman–Crippen MR) is 84.8 cm³/mol. The van der Waals surface area contributed by atoms with Gasteiger partial charge >= 0.3 is 5.63 Å². The van der Waals surface area contributed by atoms with E-state index in [-0.39, 0.29) is 16.7 Å². The van der Waals surface area contributed by atoms with Crippen LogP contribution in [0.15, 0.2) is 33.5 Å². The predicted octanol–water partition coefficient (Wildman–Crippen LogP) is -0.0576. The van der Waals surface area contributed by atoms with Gasteiger partial charge in [0.05, 0.1) is 6.61 Å². The molecule has 1 fully saturated rings. The Morgan fingerprint density at radius 3 is 2.54 bits per heavy atom. The van der Waals surface area contributed by atoms with Gasteiger partial charge in [-0.2, -0.15) is 0 Å². The van der Waals surface area contributed by atoms with Crippen LogP contribution in [-0.2, 0) is 4.74 Å². The summed E-state index contributed by atoms with van der Waals surface area (Å²) in [5.74, 6) is 0. The monoisotopic (exact) mass is 373 g/mol. The Balaban J connectivity index is 1.91. The molecule has 8 nitrogen and oxygen atoms in total. The van der Waals surface area contributed by atoms with Crippen molar-refractivity contribution in [2.24, 2.45) is 0 Å². The molecule has 0 aliphatic carbocycles. The van der Waals surface area contributed by atoms with Crippen LogP contribution in [0, 0.1) is 0 Å². The van der Waals surface area contributed by atoms with Crippen LogP contribution in [0.1, 0.15) is 12.0 Å². The summed E-state index contributed by atoms with van der Waals surface area (Å²) in [5, 5.41) is 41.7. The van der Waals surface area contributed by atoms with Gasteiger partial charge < -0.3 is 34.9 Å². The average Bonchev–Trinajstić information content (AvgIpc) is 2.60. The van der Waals surface area contributed by atoms with Gasteiger partial charge in [-0.1, -0.05) is 0 Å². The first-order valence-electron chi connectivity index (χ1n) is 7.75. The summed E-state index contributed by atoms with van der Waals surface area (Å²) in [6.45, 7) is -0.598. The number of nitrogens with one attached hydrogen (secondary N) is 1. The molecule has 5 N–H and O–H groups in total. The van der Waals surface area contributed by atoms with E-state index < -0.39 is 54.9 Å². The van der Waals surface area contributed by atoms with Crippen LogP contribution in [0.4, 0.5) is 14.5 Å². The topological polar surface area (TPSA) is 132 Å². The molecular formula is C16H17F2NO7. The maximum absolute atomic E-state index is 13.0. The minimum Gasteiger partial charge on any atom is -0.423 e. The number of aliphatic hydroxyl groups is 4. The van der Waals surface area contributed by atoms with E-state index in [2.05, 4.69) is 5.32 Å². The molecule has 0 amide bonds. The second-order valence-corrected chi connectivity index (χ2v) is 5.93. The van der Waals surface area contributed by atoms with Crippen LogP contribution >= 0.6 is 0 Å². The van der Waals surface area contributed by atoms with Crippen molar-refractivity contribution in [1.29, 1.82) is 0 Å². The largest absolute Gasteiger partial charge is 0.423 e. The van der Waals surface area contributed by atoms with Crippen LogP contribution < -0.4 is 10.9 Å². The van der Waals surface area contributed by atoms with E-state index >= 15 is 0 Å². The Bertz CT molecular complexity index is 843. The zero-order chi connectivity index (χ0) is 19.0. The number of hydrogen-bond acceptors (Lipinski definition) is 8. The van der Waals surface area contributed by atoms with E-state index in [1.165, 1.54) is 18.2 Å². The summed E-state index contributed by atoms with van der Waals surface area (Å²) in [7, 11) is 0. The third-order valence-corrected chi connectivity index (χ3v) is 4.25. The van der Waals surface area contributed by atoms with E-state index in [4.69, 9.17) is 14.3 Å². The highest BCUT2D eigenvalue weighted by Gasteiger charge is 2.43. The lowest BCUT2D eigenvalue weighted by atomic mass is 9.96. The maximum Gasteiger partial charge on any atom is 0.336 e. The normalized spacial score (nSPS) is 29.3. The maximum atomic E-state index is 13.0. The van der Waals surface area contributed by atoms with Crippen molar-refractivity contribution in [3.8, 4) is 0 Å². The molecule has 1 aromatic carbocycles. The van der Waals surface area contributed by atoms with Crippen LogP contribution in [0.2, 0.25) is 0 Å². The molecule has 1 saturated heterocycles. The second kappa shape index (κ2) is 7.25. The molecule has 1 aliphatic heterocycles. The minimum absolute atomic E-state index is 0.0477. The van der Waals surface area contributed by atoms with Gasteiger partial charge in [0.1, 0.15) is 29.9 Å². The quantitative estimate of drug-likeness (QED) is 0.471. The number of fused-ring (bicyclic) bond motifs is 1. The van der Waals surface area contributed by atoms with Crippen molar-refractivity contribution >= 4 is 16.7 Å². The Morgan fingerprint density at radius 2 is 1.88 bits per heavy atom. The van der Waals surface area contributed by atoms with Gasteiger partial charge in [0, 0.05) is 28.8 Å². The Hall–Kier alpha value is -2.11. The summed E-state index contributed by atoms with van der Waals surface area (Å²) in [4.78, 5) is 11.4. The van der Waals surface area contributed by atoms with Crippen molar-refractivity contribution in [1.82, 2.24) is 0 Å². The third kappa shape index (κ3) is 3.41. The first kappa shape index (κ1) is 18.7. The first-order chi connectivity index (χ1) is 12.3. The van der Waals surface area contributed by atoms with E-state index in [1.54, 1.807) is 0 Å². The van der Waals surface area contributed by atoms with Crippen molar-refractivity contribution in [2.45, 2.75) is 37.1 Å². The molecule has 0 radical (unpaired) electrons. The Labute approximate surface area is 145 Å². The highest BCUT2D eigenvalue weighted by molar-refractivity contribution is 5.83. The second-order valence-electron chi connectivity index (χ2n) is 5.93. The molecule has 10 heteroatoms. The zero-order valence-electron chi connectivity index (χ0n) is 13.3. The van der Waals surface area contributed by atoms with Crippen LogP contribution in [0.25, 0.3) is 11.0 Å². The highest BCUT2D eigenvalue weighted by Crippen LogP contribution is 2.29. The molecule has 0 bridgehead atoms. The molecule has 0 spiro atoms. The first-order valence-corrected chi connectivity index (χ1v) is 7.75. The van der Waals surface area contributed by atoms with Crippen LogP contribution in [0.3, 0.4) is 0 Å². The van der Waals surface area contributed by atoms with Gasteiger partial charge in [-0.05, 0) is 12.1 Å². The van der Waals surface area contributed by atoms with Crippen molar-refractivity contribution in [2.75, 3.05) is 11.9 Å². The van der Waals surface area contributed by atoms with Gasteiger partial charge in [0.2, 0.25) is 0 Å². The molecule has 5 atom stereocenters. The molecule has 26 heavy (non-hydrogen) atoms. The average molecular weight is 373 g/mol. The molecule has 3 unspecified atom stereocenters. The summed E-state index contributed by atoms with van der Waals surface area (Å²) >= 11 is 0. The number of ether oxygens (including phenoxy) is 1. The van der Waals surface area contributed by atoms with Gasteiger partial charge in [-0.25, -0.2) is 13.6 Å². The van der Waals surface area contributed by atoms with Crippen molar-refractivity contribution < 1.29 is 38.4 Å². The lowest BCUT2D eigenvalue weighted by molar-refractivity contribution is -0.245. The number of anilines is 1. The molecule has 3 rings (SSSR count). The van der Waals surface area contributed by atoms with Crippen LogP contribution in [0.5, 0.6) is 0 Å². The number of hydrogen-bond donors (Lipinski definition) is 5. The molecule has 0 saturated carbocycles. The number of aliphatic hydroxyl groups excluding tert-OH is 4.